The first-order valence-electron chi connectivity index (χ1n) is 5.91. The van der Waals surface area contributed by atoms with E-state index in [4.69, 9.17) is 10.00 Å². The molecule has 3 nitrogen and oxygen atoms in total. The summed E-state index contributed by atoms with van der Waals surface area (Å²) in [6, 6.07) is 15.0. The zero-order valence-corrected chi connectivity index (χ0v) is 11.2. The van der Waals surface area contributed by atoms with Crippen molar-refractivity contribution in [2.75, 3.05) is 6.86 Å². The number of ether oxygens (including phenoxy) is 1. The van der Waals surface area contributed by atoms with Crippen LogP contribution in [0.4, 0.5) is 4.39 Å². The molecule has 0 N–H and O–H groups in total. The lowest BCUT2D eigenvalue weighted by Gasteiger charge is -2.01. The van der Waals surface area contributed by atoms with Gasteiger partial charge in [-0.2, -0.15) is 5.26 Å². The first-order valence-corrected chi connectivity index (χ1v) is 6.73. The molecule has 0 unspecified atom stereocenters. The van der Waals surface area contributed by atoms with Crippen LogP contribution in [0.5, 0.6) is 5.75 Å². The van der Waals surface area contributed by atoms with Crippen LogP contribution < -0.4 is 4.74 Å². The van der Waals surface area contributed by atoms with Gasteiger partial charge in [0.15, 0.2) is 0 Å². The molecule has 0 saturated carbocycles. The molecule has 3 aromatic rings. The number of nitriles is 1. The summed E-state index contributed by atoms with van der Waals surface area (Å²) in [7, 11) is 0. The minimum Gasteiger partial charge on any atom is -0.461 e. The number of nitrogens with zero attached hydrogens (tertiary/aromatic N) is 2. The highest BCUT2D eigenvalue weighted by atomic mass is 32.1. The minimum absolute atomic E-state index is 0.361. The molecular weight excluding hydrogens is 275 g/mol. The molecule has 0 atom stereocenters. The second kappa shape index (κ2) is 5.27. The van der Waals surface area contributed by atoms with E-state index in [1.807, 2.05) is 30.3 Å². The zero-order chi connectivity index (χ0) is 13.9. The molecule has 0 amide bonds. The minimum atomic E-state index is -0.917. The molecule has 0 bridgehead atoms. The topological polar surface area (TPSA) is 45.9 Å². The Labute approximate surface area is 118 Å². The predicted molar refractivity (Wildman–Crippen MR) is 76.4 cm³/mol. The SMILES string of the molecule is N#Cc1ccc(OCF)c2nc(-c3ccccc3)sc12. The van der Waals surface area contributed by atoms with Crippen molar-refractivity contribution in [1.82, 2.24) is 4.98 Å². The zero-order valence-electron chi connectivity index (χ0n) is 10.3. The Hall–Kier alpha value is -2.45. The number of hydrogen-bond donors (Lipinski definition) is 0. The largest absolute Gasteiger partial charge is 0.461 e. The van der Waals surface area contributed by atoms with E-state index in [1.54, 1.807) is 12.1 Å². The van der Waals surface area contributed by atoms with Crippen molar-refractivity contribution in [3.05, 3.63) is 48.0 Å². The third-order valence-electron chi connectivity index (χ3n) is 2.86. The number of benzene rings is 2. The third-order valence-corrected chi connectivity index (χ3v) is 4.00. The average Bonchev–Trinajstić information content (AvgIpc) is 2.94. The normalized spacial score (nSPS) is 10.4. The predicted octanol–water partition coefficient (Wildman–Crippen LogP) is 4.14. The van der Waals surface area contributed by atoms with Crippen LogP contribution in [0.1, 0.15) is 5.56 Å². The summed E-state index contributed by atoms with van der Waals surface area (Å²) in [6.07, 6.45) is 0. The number of alkyl halides is 1. The first kappa shape index (κ1) is 12.6. The standard InChI is InChI=1S/C15H9FN2OS/c16-9-19-12-7-6-11(8-17)14-13(12)18-15(20-14)10-4-2-1-3-5-10/h1-7H,9H2. The second-order valence-corrected chi connectivity index (χ2v) is 5.04. The van der Waals surface area contributed by atoms with Crippen molar-refractivity contribution in [2.24, 2.45) is 0 Å². The fourth-order valence-corrected chi connectivity index (χ4v) is 3.00. The van der Waals surface area contributed by atoms with E-state index in [-0.39, 0.29) is 0 Å². The van der Waals surface area contributed by atoms with Crippen molar-refractivity contribution in [3.63, 3.8) is 0 Å². The van der Waals surface area contributed by atoms with Crippen LogP contribution in [0.3, 0.4) is 0 Å². The maximum atomic E-state index is 12.4. The summed E-state index contributed by atoms with van der Waals surface area (Å²) in [5.41, 5.74) is 2.01. The van der Waals surface area contributed by atoms with E-state index < -0.39 is 6.86 Å². The van der Waals surface area contributed by atoms with E-state index in [1.165, 1.54) is 11.3 Å². The molecule has 0 saturated heterocycles. The Morgan fingerprint density at radius 3 is 2.70 bits per heavy atom. The fourth-order valence-electron chi connectivity index (χ4n) is 1.95. The van der Waals surface area contributed by atoms with Crippen LogP contribution in [-0.4, -0.2) is 11.8 Å². The van der Waals surface area contributed by atoms with E-state index >= 15 is 0 Å². The quantitative estimate of drug-likeness (QED) is 0.726. The Kier molecular flexibility index (Phi) is 3.32. The highest BCUT2D eigenvalue weighted by molar-refractivity contribution is 7.22. The summed E-state index contributed by atoms with van der Waals surface area (Å²) in [4.78, 5) is 4.49. The Morgan fingerprint density at radius 2 is 2.00 bits per heavy atom. The van der Waals surface area contributed by atoms with Gasteiger partial charge in [0.25, 0.3) is 0 Å². The molecule has 0 aliphatic rings. The fraction of sp³-hybridized carbons (Fsp3) is 0.0667. The van der Waals surface area contributed by atoms with E-state index in [0.717, 1.165) is 15.3 Å². The van der Waals surface area contributed by atoms with Gasteiger partial charge in [-0.3, -0.25) is 0 Å². The summed E-state index contributed by atoms with van der Waals surface area (Å²) in [5.74, 6) is 0.361. The number of halogens is 1. The number of hydrogen-bond acceptors (Lipinski definition) is 4. The maximum absolute atomic E-state index is 12.4. The Morgan fingerprint density at radius 1 is 1.20 bits per heavy atom. The number of aromatic nitrogens is 1. The third kappa shape index (κ3) is 2.10. The molecule has 0 radical (unpaired) electrons. The Bertz CT molecular complexity index is 793. The number of rotatable bonds is 3. The lowest BCUT2D eigenvalue weighted by Crippen LogP contribution is -1.91. The molecule has 3 rings (SSSR count). The molecule has 1 aromatic heterocycles. The molecule has 5 heteroatoms. The Balaban J connectivity index is 2.23. The van der Waals surface area contributed by atoms with Crippen molar-refractivity contribution in [2.45, 2.75) is 0 Å². The summed E-state index contributed by atoms with van der Waals surface area (Å²) >= 11 is 1.41. The number of fused-ring (bicyclic) bond motifs is 1. The van der Waals surface area contributed by atoms with Crippen LogP contribution in [0.2, 0.25) is 0 Å². The lowest BCUT2D eigenvalue weighted by atomic mass is 10.2. The summed E-state index contributed by atoms with van der Waals surface area (Å²) in [5, 5.41) is 9.93. The van der Waals surface area contributed by atoms with Crippen molar-refractivity contribution >= 4 is 21.6 Å². The summed E-state index contributed by atoms with van der Waals surface area (Å²) in [6.45, 7) is -0.917. The van der Waals surface area contributed by atoms with Crippen molar-refractivity contribution in [3.8, 4) is 22.4 Å². The highest BCUT2D eigenvalue weighted by Gasteiger charge is 2.14. The molecule has 20 heavy (non-hydrogen) atoms. The van der Waals surface area contributed by atoms with Gasteiger partial charge < -0.3 is 4.74 Å². The van der Waals surface area contributed by atoms with Gasteiger partial charge in [0.1, 0.15) is 22.3 Å². The van der Waals surface area contributed by atoms with Crippen LogP contribution in [-0.2, 0) is 0 Å². The molecule has 1 heterocycles. The molecule has 0 fully saturated rings. The van der Waals surface area contributed by atoms with E-state index in [2.05, 4.69) is 11.1 Å². The van der Waals surface area contributed by atoms with Crippen LogP contribution in [0, 0.1) is 11.3 Å². The molecule has 0 spiro atoms. The van der Waals surface area contributed by atoms with Gasteiger partial charge in [0.2, 0.25) is 6.86 Å². The van der Waals surface area contributed by atoms with Gasteiger partial charge in [-0.1, -0.05) is 30.3 Å². The smallest absolute Gasteiger partial charge is 0.228 e. The van der Waals surface area contributed by atoms with Gasteiger partial charge in [-0.25, -0.2) is 9.37 Å². The number of thiazole rings is 1. The first-order chi connectivity index (χ1) is 9.83. The van der Waals surface area contributed by atoms with Gasteiger partial charge in [-0.05, 0) is 12.1 Å². The van der Waals surface area contributed by atoms with Gasteiger partial charge in [-0.15, -0.1) is 11.3 Å². The molecule has 98 valence electrons. The van der Waals surface area contributed by atoms with Gasteiger partial charge in [0.05, 0.1) is 10.3 Å². The van der Waals surface area contributed by atoms with Gasteiger partial charge in [0, 0.05) is 5.56 Å². The maximum Gasteiger partial charge on any atom is 0.228 e. The van der Waals surface area contributed by atoms with Crippen molar-refractivity contribution < 1.29 is 9.13 Å². The van der Waals surface area contributed by atoms with Crippen molar-refractivity contribution in [1.29, 1.82) is 5.26 Å². The van der Waals surface area contributed by atoms with Crippen LogP contribution in [0.15, 0.2) is 42.5 Å². The molecule has 2 aromatic carbocycles. The highest BCUT2D eigenvalue weighted by Crippen LogP contribution is 2.36. The second-order valence-electron chi connectivity index (χ2n) is 4.04. The lowest BCUT2D eigenvalue weighted by molar-refractivity contribution is 0.193. The average molecular weight is 284 g/mol. The van der Waals surface area contributed by atoms with E-state index in [0.29, 0.717) is 16.8 Å². The molecule has 0 aliphatic heterocycles. The van der Waals surface area contributed by atoms with E-state index in [9.17, 15) is 4.39 Å². The van der Waals surface area contributed by atoms with Crippen LogP contribution in [0.25, 0.3) is 20.8 Å². The van der Waals surface area contributed by atoms with Crippen LogP contribution >= 0.6 is 11.3 Å². The molecular formula is C15H9FN2OS. The summed E-state index contributed by atoms with van der Waals surface area (Å²) < 4.78 is 18.1. The molecule has 0 aliphatic carbocycles. The van der Waals surface area contributed by atoms with Gasteiger partial charge >= 0.3 is 0 Å². The monoisotopic (exact) mass is 284 g/mol.